The fraction of sp³-hybridized carbons (Fsp3) is 0.519. The first-order valence-electron chi connectivity index (χ1n) is 12.3. The van der Waals surface area contributed by atoms with Gasteiger partial charge in [0.05, 0.1) is 24.3 Å². The second kappa shape index (κ2) is 10.7. The third-order valence-corrected chi connectivity index (χ3v) is 6.60. The monoisotopic (exact) mass is 499 g/mol. The maximum Gasteiger partial charge on any atom is 0.309 e. The smallest absolute Gasteiger partial charge is 0.309 e. The Morgan fingerprint density at radius 1 is 1.28 bits per heavy atom. The van der Waals surface area contributed by atoms with Crippen molar-refractivity contribution in [3.63, 3.8) is 0 Å². The molecule has 1 aromatic heterocycles. The number of amides is 1. The minimum atomic E-state index is -1.08. The summed E-state index contributed by atoms with van der Waals surface area (Å²) in [4.78, 5) is 40.1. The Bertz CT molecular complexity index is 1210. The van der Waals surface area contributed by atoms with E-state index in [0.29, 0.717) is 54.4 Å². The highest BCUT2D eigenvalue weighted by molar-refractivity contribution is 5.98. The number of carbonyl (C=O) groups excluding carboxylic acids is 1. The summed E-state index contributed by atoms with van der Waals surface area (Å²) in [5.41, 5.74) is 1.25. The number of anilines is 1. The molecule has 2 aromatic rings. The molecule has 0 spiro atoms. The van der Waals surface area contributed by atoms with Gasteiger partial charge in [0.2, 0.25) is 0 Å². The lowest BCUT2D eigenvalue weighted by atomic mass is 9.92. The summed E-state index contributed by atoms with van der Waals surface area (Å²) in [6.07, 6.45) is 0.510. The zero-order valence-electron chi connectivity index (χ0n) is 22.0. The van der Waals surface area contributed by atoms with Gasteiger partial charge in [-0.1, -0.05) is 26.3 Å². The second-order valence-electron chi connectivity index (χ2n) is 10.2. The van der Waals surface area contributed by atoms with E-state index < -0.39 is 23.0 Å². The van der Waals surface area contributed by atoms with Gasteiger partial charge in [0.1, 0.15) is 17.9 Å². The van der Waals surface area contributed by atoms with Crippen LogP contribution < -0.4 is 20.5 Å². The van der Waals surface area contributed by atoms with E-state index in [1.807, 2.05) is 30.9 Å². The van der Waals surface area contributed by atoms with Crippen LogP contribution in [0.5, 0.6) is 5.75 Å². The number of carbonyl (C=O) groups is 2. The van der Waals surface area contributed by atoms with Gasteiger partial charge in [-0.15, -0.1) is 0 Å². The molecule has 1 aliphatic heterocycles. The molecular formula is C27H37N3O6. The molecule has 0 saturated carbocycles. The fourth-order valence-electron chi connectivity index (χ4n) is 4.52. The number of carboxylic acid groups (broad SMARTS) is 1. The van der Waals surface area contributed by atoms with Crippen molar-refractivity contribution in [2.24, 2.45) is 13.0 Å². The van der Waals surface area contributed by atoms with Crippen LogP contribution in [0.1, 0.15) is 55.7 Å². The number of carboxylic acids is 1. The number of hydrogen-bond donors (Lipinski definition) is 3. The summed E-state index contributed by atoms with van der Waals surface area (Å²) >= 11 is 0. The molecule has 36 heavy (non-hydrogen) atoms. The van der Waals surface area contributed by atoms with E-state index >= 15 is 0 Å². The number of aromatic nitrogens is 1. The number of pyridine rings is 1. The summed E-state index contributed by atoms with van der Waals surface area (Å²) in [5, 5.41) is 22.9. The van der Waals surface area contributed by atoms with E-state index in [-0.39, 0.29) is 17.9 Å². The molecule has 2 heterocycles. The van der Waals surface area contributed by atoms with Crippen molar-refractivity contribution in [3.8, 4) is 16.9 Å². The number of rotatable bonds is 9. The first-order valence-corrected chi connectivity index (χ1v) is 12.3. The van der Waals surface area contributed by atoms with E-state index in [4.69, 9.17) is 4.74 Å². The highest BCUT2D eigenvalue weighted by Gasteiger charge is 2.28. The second-order valence-corrected chi connectivity index (χ2v) is 10.2. The SMILES string of the molecule is CC[C@H](C)CNC(=O)c1c(C)c(-c2ccc3c(c2)N(CC(C)(C)O)CCO3)c(CC(=O)O)n(C)c1=O. The highest BCUT2D eigenvalue weighted by atomic mass is 16.5. The Hall–Kier alpha value is -3.33. The summed E-state index contributed by atoms with van der Waals surface area (Å²) < 4.78 is 7.08. The Kier molecular flexibility index (Phi) is 8.13. The van der Waals surface area contributed by atoms with Crippen LogP contribution in [0.25, 0.3) is 11.1 Å². The van der Waals surface area contributed by atoms with Crippen molar-refractivity contribution >= 4 is 17.6 Å². The number of ether oxygens (including phenoxy) is 1. The van der Waals surface area contributed by atoms with Crippen LogP contribution in [0.15, 0.2) is 23.0 Å². The molecule has 0 fully saturated rings. The van der Waals surface area contributed by atoms with Gasteiger partial charge < -0.3 is 29.7 Å². The summed E-state index contributed by atoms with van der Waals surface area (Å²) in [7, 11) is 1.50. The molecule has 1 aliphatic rings. The third kappa shape index (κ3) is 5.90. The lowest BCUT2D eigenvalue weighted by Gasteiger charge is -2.35. The molecule has 1 aromatic carbocycles. The summed E-state index contributed by atoms with van der Waals surface area (Å²) in [5.74, 6) is -0.639. The number of aliphatic carboxylic acids is 1. The maximum absolute atomic E-state index is 13.2. The minimum Gasteiger partial charge on any atom is -0.490 e. The van der Waals surface area contributed by atoms with Gasteiger partial charge in [0.15, 0.2) is 0 Å². The van der Waals surface area contributed by atoms with Gasteiger partial charge in [-0.3, -0.25) is 14.4 Å². The van der Waals surface area contributed by atoms with Crippen LogP contribution in [-0.2, 0) is 18.3 Å². The first-order chi connectivity index (χ1) is 16.8. The molecule has 3 N–H and O–H groups in total. The van der Waals surface area contributed by atoms with Crippen molar-refractivity contribution in [2.45, 2.75) is 53.1 Å². The van der Waals surface area contributed by atoms with E-state index in [1.54, 1.807) is 26.8 Å². The van der Waals surface area contributed by atoms with Crippen molar-refractivity contribution in [2.75, 3.05) is 31.1 Å². The van der Waals surface area contributed by atoms with E-state index in [0.717, 1.165) is 12.1 Å². The molecule has 0 radical (unpaired) electrons. The molecule has 3 rings (SSSR count). The number of benzene rings is 1. The molecule has 196 valence electrons. The largest absolute Gasteiger partial charge is 0.490 e. The molecule has 1 amide bonds. The number of aliphatic hydroxyl groups is 1. The van der Waals surface area contributed by atoms with Crippen molar-refractivity contribution in [1.29, 1.82) is 0 Å². The van der Waals surface area contributed by atoms with Gasteiger partial charge in [-0.05, 0) is 49.9 Å². The fourth-order valence-corrected chi connectivity index (χ4v) is 4.52. The number of hydrogen-bond acceptors (Lipinski definition) is 6. The van der Waals surface area contributed by atoms with Gasteiger partial charge in [0, 0.05) is 31.4 Å². The van der Waals surface area contributed by atoms with Crippen LogP contribution in [0, 0.1) is 12.8 Å². The maximum atomic E-state index is 13.2. The van der Waals surface area contributed by atoms with Gasteiger partial charge >= 0.3 is 5.97 Å². The number of fused-ring (bicyclic) bond motifs is 1. The molecule has 0 saturated heterocycles. The first kappa shape index (κ1) is 27.3. The summed E-state index contributed by atoms with van der Waals surface area (Å²) in [6, 6.07) is 5.49. The van der Waals surface area contributed by atoms with Gasteiger partial charge in [-0.2, -0.15) is 0 Å². The van der Waals surface area contributed by atoms with Crippen LogP contribution in [-0.4, -0.2) is 58.5 Å². The van der Waals surface area contributed by atoms with Crippen LogP contribution in [0.2, 0.25) is 0 Å². The normalized spacial score (nSPS) is 14.1. The van der Waals surface area contributed by atoms with Crippen molar-refractivity contribution in [1.82, 2.24) is 9.88 Å². The van der Waals surface area contributed by atoms with Gasteiger partial charge in [-0.25, -0.2) is 0 Å². The van der Waals surface area contributed by atoms with Gasteiger partial charge in [0.25, 0.3) is 11.5 Å². The third-order valence-electron chi connectivity index (χ3n) is 6.60. The van der Waals surface area contributed by atoms with Crippen molar-refractivity contribution in [3.05, 3.63) is 45.4 Å². The van der Waals surface area contributed by atoms with Crippen LogP contribution >= 0.6 is 0 Å². The molecule has 0 bridgehead atoms. The molecule has 0 unspecified atom stereocenters. The highest BCUT2D eigenvalue weighted by Crippen LogP contribution is 2.38. The molecule has 9 nitrogen and oxygen atoms in total. The number of nitrogens with one attached hydrogen (secondary N) is 1. The zero-order chi connectivity index (χ0) is 26.8. The minimum absolute atomic E-state index is 0.00672. The standard InChI is InChI=1S/C27H37N3O6/c1-7-16(2)14-28-25(33)24-17(3)23(20(13-22(31)32)29(6)26(24)34)18-8-9-21-19(12-18)30(10-11-36-21)15-27(4,5)35/h8-9,12,16,35H,7,10-11,13-15H2,1-6H3,(H,28,33)(H,31,32)/t16-/m0/s1. The Morgan fingerprint density at radius 2 is 1.97 bits per heavy atom. The predicted octanol–water partition coefficient (Wildman–Crippen LogP) is 2.73. The lowest BCUT2D eigenvalue weighted by molar-refractivity contribution is -0.136. The van der Waals surface area contributed by atoms with E-state index in [1.165, 1.54) is 11.6 Å². The Morgan fingerprint density at radius 3 is 2.58 bits per heavy atom. The average Bonchev–Trinajstić information content (AvgIpc) is 2.80. The Balaban J connectivity index is 2.20. The molecular weight excluding hydrogens is 462 g/mol. The molecule has 1 atom stereocenters. The van der Waals surface area contributed by atoms with E-state index in [9.17, 15) is 24.6 Å². The number of nitrogens with zero attached hydrogens (tertiary/aromatic N) is 2. The van der Waals surface area contributed by atoms with Crippen molar-refractivity contribution < 1.29 is 24.5 Å². The molecule has 0 aliphatic carbocycles. The predicted molar refractivity (Wildman–Crippen MR) is 139 cm³/mol. The summed E-state index contributed by atoms with van der Waals surface area (Å²) in [6.45, 7) is 11.1. The van der Waals surface area contributed by atoms with Crippen LogP contribution in [0.4, 0.5) is 5.69 Å². The Labute approximate surface area is 211 Å². The van der Waals surface area contributed by atoms with Crippen LogP contribution in [0.3, 0.4) is 0 Å². The molecule has 9 heteroatoms. The average molecular weight is 500 g/mol. The zero-order valence-corrected chi connectivity index (χ0v) is 22.0. The number of β-amino-alcohol motifs (C(OH)–C–C–N with tert-alkyl or cyclic N) is 1. The topological polar surface area (TPSA) is 121 Å². The quantitative estimate of drug-likeness (QED) is 0.485. The lowest BCUT2D eigenvalue weighted by Crippen LogP contribution is -2.42. The van der Waals surface area contributed by atoms with E-state index in [2.05, 4.69) is 5.32 Å².